The van der Waals surface area contributed by atoms with E-state index in [2.05, 4.69) is 26.4 Å². The third-order valence-electron chi connectivity index (χ3n) is 3.25. The Labute approximate surface area is 128 Å². The lowest BCUT2D eigenvalue weighted by Crippen LogP contribution is -2.09. The molecule has 6 heteroatoms. The summed E-state index contributed by atoms with van der Waals surface area (Å²) in [5, 5.41) is 7.42. The zero-order valence-electron chi connectivity index (χ0n) is 12.3. The lowest BCUT2D eigenvalue weighted by Gasteiger charge is -2.09. The quantitative estimate of drug-likeness (QED) is 0.756. The van der Waals surface area contributed by atoms with E-state index in [0.717, 1.165) is 30.1 Å². The number of para-hydroxylation sites is 1. The van der Waals surface area contributed by atoms with Crippen LogP contribution in [-0.2, 0) is 6.42 Å². The minimum Gasteiger partial charge on any atom is -0.496 e. The number of ether oxygens (including phenoxy) is 1. The molecule has 0 fully saturated rings. The number of nitrogens with zero attached hydrogens (tertiary/aromatic N) is 4. The first-order chi connectivity index (χ1) is 10.9. The topological polar surface area (TPSA) is 64.9 Å². The van der Waals surface area contributed by atoms with E-state index >= 15 is 0 Å². The number of benzene rings is 1. The summed E-state index contributed by atoms with van der Waals surface area (Å²) in [4.78, 5) is 8.67. The number of methoxy groups -OCH3 is 1. The van der Waals surface area contributed by atoms with Crippen LogP contribution in [0.25, 0.3) is 5.82 Å². The molecule has 0 atom stereocenters. The molecule has 22 heavy (non-hydrogen) atoms. The maximum Gasteiger partial charge on any atom is 0.173 e. The number of rotatable bonds is 6. The molecule has 112 valence electrons. The van der Waals surface area contributed by atoms with Crippen LogP contribution >= 0.6 is 0 Å². The lowest BCUT2D eigenvalue weighted by atomic mass is 10.1. The van der Waals surface area contributed by atoms with Crippen LogP contribution < -0.4 is 10.1 Å². The number of nitrogens with one attached hydrogen (secondary N) is 1. The summed E-state index contributed by atoms with van der Waals surface area (Å²) in [5.41, 5.74) is 1.16. The van der Waals surface area contributed by atoms with E-state index in [-0.39, 0.29) is 0 Å². The van der Waals surface area contributed by atoms with Crippen molar-refractivity contribution in [3.63, 3.8) is 0 Å². The van der Waals surface area contributed by atoms with Gasteiger partial charge in [0.05, 0.1) is 19.5 Å². The van der Waals surface area contributed by atoms with Gasteiger partial charge in [-0.1, -0.05) is 18.2 Å². The van der Waals surface area contributed by atoms with Crippen LogP contribution in [0.5, 0.6) is 5.75 Å². The molecular weight excluding hydrogens is 278 g/mol. The SMILES string of the molecule is COc1ccccc1CCNc1cncc(-n2cccn2)n1. The van der Waals surface area contributed by atoms with Gasteiger partial charge in [-0.3, -0.25) is 4.98 Å². The van der Waals surface area contributed by atoms with Crippen LogP contribution in [0.1, 0.15) is 5.56 Å². The Morgan fingerprint density at radius 3 is 2.91 bits per heavy atom. The van der Waals surface area contributed by atoms with E-state index in [1.807, 2.05) is 30.5 Å². The Kier molecular flexibility index (Phi) is 4.29. The summed E-state index contributed by atoms with van der Waals surface area (Å²) in [7, 11) is 1.69. The van der Waals surface area contributed by atoms with Gasteiger partial charge in [0, 0.05) is 18.9 Å². The highest BCUT2D eigenvalue weighted by Gasteiger charge is 2.03. The fraction of sp³-hybridized carbons (Fsp3) is 0.188. The van der Waals surface area contributed by atoms with Gasteiger partial charge in [0.15, 0.2) is 5.82 Å². The molecule has 0 aliphatic heterocycles. The molecule has 3 rings (SSSR count). The van der Waals surface area contributed by atoms with E-state index in [1.54, 1.807) is 30.4 Å². The molecule has 6 nitrogen and oxygen atoms in total. The summed E-state index contributed by atoms with van der Waals surface area (Å²) >= 11 is 0. The van der Waals surface area contributed by atoms with Crippen molar-refractivity contribution in [2.45, 2.75) is 6.42 Å². The van der Waals surface area contributed by atoms with Crippen molar-refractivity contribution in [2.24, 2.45) is 0 Å². The van der Waals surface area contributed by atoms with Crippen LogP contribution in [0.15, 0.2) is 55.1 Å². The van der Waals surface area contributed by atoms with Gasteiger partial charge < -0.3 is 10.1 Å². The summed E-state index contributed by atoms with van der Waals surface area (Å²) in [6.45, 7) is 0.748. The van der Waals surface area contributed by atoms with Crippen LogP contribution in [0.3, 0.4) is 0 Å². The number of hydrogen-bond donors (Lipinski definition) is 1. The van der Waals surface area contributed by atoms with Crippen molar-refractivity contribution in [3.05, 3.63) is 60.7 Å². The van der Waals surface area contributed by atoms with Crippen molar-refractivity contribution in [1.29, 1.82) is 0 Å². The molecule has 3 aromatic rings. The smallest absolute Gasteiger partial charge is 0.173 e. The maximum atomic E-state index is 5.35. The fourth-order valence-electron chi connectivity index (χ4n) is 2.19. The van der Waals surface area contributed by atoms with Crippen LogP contribution in [0, 0.1) is 0 Å². The molecule has 0 radical (unpaired) electrons. The molecule has 0 amide bonds. The van der Waals surface area contributed by atoms with Gasteiger partial charge in [0.2, 0.25) is 0 Å². The largest absolute Gasteiger partial charge is 0.496 e. The normalized spacial score (nSPS) is 10.4. The van der Waals surface area contributed by atoms with Crippen LogP contribution in [-0.4, -0.2) is 33.4 Å². The molecule has 0 unspecified atom stereocenters. The first-order valence-corrected chi connectivity index (χ1v) is 7.04. The maximum absolute atomic E-state index is 5.35. The highest BCUT2D eigenvalue weighted by molar-refractivity contribution is 5.37. The summed E-state index contributed by atoms with van der Waals surface area (Å²) in [6.07, 6.45) is 7.78. The van der Waals surface area contributed by atoms with Gasteiger partial charge in [0.25, 0.3) is 0 Å². The van der Waals surface area contributed by atoms with Crippen molar-refractivity contribution >= 4 is 5.82 Å². The van der Waals surface area contributed by atoms with E-state index in [4.69, 9.17) is 4.74 Å². The summed E-state index contributed by atoms with van der Waals surface area (Å²) in [6, 6.07) is 9.86. The predicted molar refractivity (Wildman–Crippen MR) is 84.3 cm³/mol. The molecule has 2 heterocycles. The first-order valence-electron chi connectivity index (χ1n) is 7.04. The van der Waals surface area contributed by atoms with E-state index < -0.39 is 0 Å². The molecule has 0 spiro atoms. The monoisotopic (exact) mass is 295 g/mol. The molecule has 0 bridgehead atoms. The molecular formula is C16H17N5O. The number of aromatic nitrogens is 4. The van der Waals surface area contributed by atoms with E-state index in [0.29, 0.717) is 5.82 Å². The molecule has 0 aliphatic rings. The highest BCUT2D eigenvalue weighted by Crippen LogP contribution is 2.17. The minimum atomic E-state index is 0.687. The van der Waals surface area contributed by atoms with Gasteiger partial charge in [-0.15, -0.1) is 0 Å². The standard InChI is InChI=1S/C16H17N5O/c1-22-14-6-3-2-5-13(14)7-9-18-15-11-17-12-16(20-15)21-10-4-8-19-21/h2-6,8,10-12H,7,9H2,1H3,(H,18,20). The third kappa shape index (κ3) is 3.22. The van der Waals surface area contributed by atoms with E-state index in [9.17, 15) is 0 Å². The fourth-order valence-corrected chi connectivity index (χ4v) is 2.19. The zero-order chi connectivity index (χ0) is 15.2. The third-order valence-corrected chi connectivity index (χ3v) is 3.25. The highest BCUT2D eigenvalue weighted by atomic mass is 16.5. The Hall–Kier alpha value is -2.89. The second kappa shape index (κ2) is 6.71. The zero-order valence-corrected chi connectivity index (χ0v) is 12.3. The molecule has 2 aromatic heterocycles. The van der Waals surface area contributed by atoms with Crippen LogP contribution in [0.2, 0.25) is 0 Å². The van der Waals surface area contributed by atoms with Crippen LogP contribution in [0.4, 0.5) is 5.82 Å². The van der Waals surface area contributed by atoms with E-state index in [1.165, 1.54) is 0 Å². The second-order valence-corrected chi connectivity index (χ2v) is 4.70. The molecule has 0 saturated heterocycles. The summed E-state index contributed by atoms with van der Waals surface area (Å²) < 4.78 is 7.03. The Morgan fingerprint density at radius 2 is 2.09 bits per heavy atom. The Morgan fingerprint density at radius 1 is 1.18 bits per heavy atom. The van der Waals surface area contributed by atoms with Gasteiger partial charge in [-0.2, -0.15) is 5.10 Å². The average Bonchev–Trinajstić information content (AvgIpc) is 3.10. The van der Waals surface area contributed by atoms with Gasteiger partial charge in [-0.25, -0.2) is 9.67 Å². The van der Waals surface area contributed by atoms with Gasteiger partial charge >= 0.3 is 0 Å². The Bertz CT molecular complexity index is 727. The van der Waals surface area contributed by atoms with Gasteiger partial charge in [-0.05, 0) is 24.1 Å². The molecule has 0 saturated carbocycles. The van der Waals surface area contributed by atoms with Crippen molar-refractivity contribution in [3.8, 4) is 11.6 Å². The minimum absolute atomic E-state index is 0.687. The van der Waals surface area contributed by atoms with Crippen molar-refractivity contribution < 1.29 is 4.74 Å². The van der Waals surface area contributed by atoms with Crippen molar-refractivity contribution in [1.82, 2.24) is 19.7 Å². The lowest BCUT2D eigenvalue weighted by molar-refractivity contribution is 0.410. The first kappa shape index (κ1) is 14.1. The number of hydrogen-bond acceptors (Lipinski definition) is 5. The molecule has 0 aliphatic carbocycles. The number of anilines is 1. The van der Waals surface area contributed by atoms with Crippen molar-refractivity contribution in [2.75, 3.05) is 19.0 Å². The summed E-state index contributed by atoms with van der Waals surface area (Å²) in [5.74, 6) is 2.32. The molecule has 1 aromatic carbocycles. The predicted octanol–water partition coefficient (Wildman–Crippen LogP) is 2.33. The second-order valence-electron chi connectivity index (χ2n) is 4.70. The van der Waals surface area contributed by atoms with Gasteiger partial charge in [0.1, 0.15) is 11.6 Å². The molecule has 1 N–H and O–H groups in total. The average molecular weight is 295 g/mol. The Balaban J connectivity index is 1.63.